The molecular formula is C46H41NO. The van der Waals surface area contributed by atoms with Crippen molar-refractivity contribution in [2.24, 2.45) is 0 Å². The van der Waals surface area contributed by atoms with Gasteiger partial charge in [0.05, 0.1) is 0 Å². The lowest BCUT2D eigenvalue weighted by molar-refractivity contribution is 0.573. The van der Waals surface area contributed by atoms with Crippen LogP contribution in [0.5, 0.6) is 0 Å². The first-order chi connectivity index (χ1) is 22.9. The van der Waals surface area contributed by atoms with Gasteiger partial charge in [-0.25, -0.2) is 0 Å². The minimum Gasteiger partial charge on any atom is -0.456 e. The molecule has 9 rings (SSSR count). The molecule has 2 aliphatic carbocycles. The maximum absolute atomic E-state index is 6.58. The Morgan fingerprint density at radius 3 is 1.54 bits per heavy atom. The van der Waals surface area contributed by atoms with Crippen molar-refractivity contribution in [1.29, 1.82) is 0 Å². The van der Waals surface area contributed by atoms with Gasteiger partial charge in [0.2, 0.25) is 0 Å². The molecule has 48 heavy (non-hydrogen) atoms. The average molecular weight is 624 g/mol. The fourth-order valence-electron chi connectivity index (χ4n) is 8.63. The van der Waals surface area contributed by atoms with E-state index in [1.165, 1.54) is 50.1 Å². The van der Waals surface area contributed by atoms with Crippen molar-refractivity contribution in [3.63, 3.8) is 0 Å². The molecule has 7 aromatic rings. The van der Waals surface area contributed by atoms with Crippen LogP contribution >= 0.6 is 0 Å². The van der Waals surface area contributed by atoms with Gasteiger partial charge in [-0.1, -0.05) is 127 Å². The summed E-state index contributed by atoms with van der Waals surface area (Å²) >= 11 is 0. The topological polar surface area (TPSA) is 16.4 Å². The molecule has 236 valence electrons. The fourth-order valence-corrected chi connectivity index (χ4v) is 8.63. The molecule has 6 aromatic carbocycles. The Balaban J connectivity index is 1.27. The Bertz CT molecular complexity index is 2340. The van der Waals surface area contributed by atoms with Crippen LogP contribution in [0.15, 0.2) is 126 Å². The molecule has 0 N–H and O–H groups in total. The van der Waals surface area contributed by atoms with Crippen LogP contribution in [0.25, 0.3) is 44.2 Å². The predicted molar refractivity (Wildman–Crippen MR) is 202 cm³/mol. The molecule has 2 heteroatoms. The summed E-state index contributed by atoms with van der Waals surface area (Å²) < 4.78 is 6.58. The van der Waals surface area contributed by atoms with Crippen LogP contribution in [0.2, 0.25) is 0 Å². The molecule has 0 spiro atoms. The molecule has 1 heterocycles. The number of nitrogens with zero attached hydrogens (tertiary/aromatic N) is 1. The van der Waals surface area contributed by atoms with Crippen molar-refractivity contribution in [3.8, 4) is 22.3 Å². The molecule has 0 amide bonds. The summed E-state index contributed by atoms with van der Waals surface area (Å²) in [6, 6.07) is 45.2. The third kappa shape index (κ3) is 3.99. The normalized spacial score (nSPS) is 15.3. The van der Waals surface area contributed by atoms with Crippen molar-refractivity contribution >= 4 is 39.0 Å². The van der Waals surface area contributed by atoms with Gasteiger partial charge in [-0.3, -0.25) is 0 Å². The van der Waals surface area contributed by atoms with E-state index in [-0.39, 0.29) is 16.2 Å². The monoisotopic (exact) mass is 623 g/mol. The van der Waals surface area contributed by atoms with Crippen LogP contribution in [0.4, 0.5) is 17.1 Å². The number of hydrogen-bond donors (Lipinski definition) is 0. The zero-order valence-electron chi connectivity index (χ0n) is 28.9. The lowest BCUT2D eigenvalue weighted by Gasteiger charge is -2.29. The van der Waals surface area contributed by atoms with E-state index >= 15 is 0 Å². The Hall–Kier alpha value is -5.08. The molecular weight excluding hydrogens is 583 g/mol. The van der Waals surface area contributed by atoms with Crippen LogP contribution < -0.4 is 4.90 Å². The van der Waals surface area contributed by atoms with Crippen molar-refractivity contribution in [2.45, 2.75) is 64.7 Å². The number of fused-ring (bicyclic) bond motifs is 9. The maximum atomic E-state index is 6.58. The average Bonchev–Trinajstić information content (AvgIpc) is 3.64. The second kappa shape index (κ2) is 9.73. The van der Waals surface area contributed by atoms with Gasteiger partial charge in [0.1, 0.15) is 11.2 Å². The molecule has 0 radical (unpaired) electrons. The van der Waals surface area contributed by atoms with Gasteiger partial charge in [-0.05, 0) is 92.4 Å². The summed E-state index contributed by atoms with van der Waals surface area (Å²) in [5.74, 6) is 0. The third-order valence-electron chi connectivity index (χ3n) is 11.2. The number of hydrogen-bond acceptors (Lipinski definition) is 2. The van der Waals surface area contributed by atoms with E-state index in [4.69, 9.17) is 4.42 Å². The highest BCUT2D eigenvalue weighted by Gasteiger charge is 2.37. The predicted octanol–water partition coefficient (Wildman–Crippen LogP) is 13.0. The molecule has 0 fully saturated rings. The summed E-state index contributed by atoms with van der Waals surface area (Å²) in [5, 5.41) is 2.30. The van der Waals surface area contributed by atoms with Crippen molar-refractivity contribution in [3.05, 3.63) is 149 Å². The zero-order chi connectivity index (χ0) is 33.2. The van der Waals surface area contributed by atoms with E-state index in [1.54, 1.807) is 0 Å². The fraction of sp³-hybridized carbons (Fsp3) is 0.217. The lowest BCUT2D eigenvalue weighted by atomic mass is 9.82. The first-order valence-electron chi connectivity index (χ1n) is 17.2. The van der Waals surface area contributed by atoms with Gasteiger partial charge in [-0.2, -0.15) is 0 Å². The highest BCUT2D eigenvalue weighted by molar-refractivity contribution is 6.08. The van der Waals surface area contributed by atoms with E-state index < -0.39 is 0 Å². The zero-order valence-corrected chi connectivity index (χ0v) is 28.9. The van der Waals surface area contributed by atoms with Gasteiger partial charge in [-0.15, -0.1) is 0 Å². The molecule has 0 unspecified atom stereocenters. The Morgan fingerprint density at radius 2 is 0.979 bits per heavy atom. The van der Waals surface area contributed by atoms with Gasteiger partial charge in [0, 0.05) is 44.2 Å². The molecule has 1 aromatic heterocycles. The van der Waals surface area contributed by atoms with Crippen molar-refractivity contribution < 1.29 is 4.42 Å². The number of para-hydroxylation sites is 1. The second-order valence-electron chi connectivity index (χ2n) is 15.9. The van der Waals surface area contributed by atoms with E-state index in [0.717, 1.165) is 39.0 Å². The van der Waals surface area contributed by atoms with Crippen molar-refractivity contribution in [1.82, 2.24) is 0 Å². The first kappa shape index (κ1) is 29.1. The molecule has 0 saturated carbocycles. The van der Waals surface area contributed by atoms with Gasteiger partial charge < -0.3 is 9.32 Å². The smallest absolute Gasteiger partial charge is 0.139 e. The van der Waals surface area contributed by atoms with Crippen LogP contribution in [0.1, 0.15) is 76.3 Å². The lowest BCUT2D eigenvalue weighted by Crippen LogP contribution is -2.18. The first-order valence-corrected chi connectivity index (χ1v) is 17.2. The Labute approximate surface area is 283 Å². The minimum atomic E-state index is -0.0940. The maximum Gasteiger partial charge on any atom is 0.139 e. The van der Waals surface area contributed by atoms with Crippen LogP contribution in [0, 0.1) is 0 Å². The SMILES string of the molecule is CC(C)(C)c1cccc2c1oc1ccc(N(c3ccc4c(c3)C(C)(C)c3ccccc3-4)c3ccc4c(c3)C(C)(C)c3ccccc3-4)cc12. The van der Waals surface area contributed by atoms with Gasteiger partial charge in [0.15, 0.2) is 0 Å². The van der Waals surface area contributed by atoms with Crippen LogP contribution in [-0.4, -0.2) is 0 Å². The number of furan rings is 1. The van der Waals surface area contributed by atoms with Gasteiger partial charge >= 0.3 is 0 Å². The molecule has 0 atom stereocenters. The largest absolute Gasteiger partial charge is 0.456 e. The van der Waals surface area contributed by atoms with Crippen LogP contribution in [0.3, 0.4) is 0 Å². The summed E-state index contributed by atoms with van der Waals surface area (Å²) in [5.41, 5.74) is 17.2. The van der Waals surface area contributed by atoms with Gasteiger partial charge in [0.25, 0.3) is 0 Å². The van der Waals surface area contributed by atoms with E-state index in [0.29, 0.717) is 0 Å². The quantitative estimate of drug-likeness (QED) is 0.195. The standard InChI is InChI=1S/C46H41NO/c1-44(2,3)39-18-12-15-35-36-25-28(21-24-42(36)48-43(35)39)47(29-19-22-33-31-13-8-10-16-37(31)45(4,5)40(33)26-29)30-20-23-34-32-14-9-11-17-38(32)46(6,7)41(34)27-30/h8-27H,1-7H3. The van der Waals surface area contributed by atoms with E-state index in [9.17, 15) is 0 Å². The highest BCUT2D eigenvalue weighted by Crippen LogP contribution is 2.53. The molecule has 2 nitrogen and oxygen atoms in total. The summed E-state index contributed by atoms with van der Waals surface area (Å²) in [6.07, 6.45) is 0. The Kier molecular flexibility index (Phi) is 5.90. The van der Waals surface area contributed by atoms with Crippen molar-refractivity contribution in [2.75, 3.05) is 4.90 Å². The second-order valence-corrected chi connectivity index (χ2v) is 15.9. The third-order valence-corrected chi connectivity index (χ3v) is 11.2. The summed E-state index contributed by atoms with van der Waals surface area (Å²) in [4.78, 5) is 2.45. The van der Waals surface area contributed by atoms with E-state index in [2.05, 4.69) is 175 Å². The minimum absolute atomic E-state index is 0.0220. The van der Waals surface area contributed by atoms with Crippen LogP contribution in [-0.2, 0) is 16.2 Å². The molecule has 0 saturated heterocycles. The summed E-state index contributed by atoms with van der Waals surface area (Å²) in [6.45, 7) is 16.2. The highest BCUT2D eigenvalue weighted by atomic mass is 16.3. The summed E-state index contributed by atoms with van der Waals surface area (Å²) in [7, 11) is 0. The Morgan fingerprint density at radius 1 is 0.479 bits per heavy atom. The molecule has 0 bridgehead atoms. The number of rotatable bonds is 3. The van der Waals surface area contributed by atoms with E-state index in [1.807, 2.05) is 0 Å². The number of benzene rings is 6. The molecule has 2 aliphatic rings. The molecule has 0 aliphatic heterocycles. The number of anilines is 3.